The Hall–Kier alpha value is -1.69. The molecule has 2 aromatic carbocycles. The number of carbonyl (C=O) groups is 2. The van der Waals surface area contributed by atoms with Crippen LogP contribution in [-0.2, 0) is 36.0 Å². The molecule has 0 aromatic heterocycles. The molecule has 0 aliphatic heterocycles. The Morgan fingerprint density at radius 1 is 0.773 bits per heavy atom. The largest absolute Gasteiger partial charge is 0.589 e. The predicted octanol–water partition coefficient (Wildman–Crippen LogP) is 2.80. The van der Waals surface area contributed by atoms with Crippen LogP contribution >= 0.6 is 7.82 Å². The van der Waals surface area contributed by atoms with Crippen LogP contribution in [0.15, 0.2) is 60.7 Å². The average Bonchev–Trinajstić information content (AvgIpc) is 2.48. The van der Waals surface area contributed by atoms with Crippen molar-refractivity contribution in [1.82, 2.24) is 0 Å². The molecule has 0 saturated heterocycles. The molecule has 0 saturated carbocycles. The van der Waals surface area contributed by atoms with E-state index in [4.69, 9.17) is 0 Å². The number of phosphoric ester groups is 1. The summed E-state index contributed by atoms with van der Waals surface area (Å²) in [5, 5.41) is 0. The van der Waals surface area contributed by atoms with Crippen LogP contribution in [0, 0.1) is 0 Å². The molecule has 2 rings (SSSR count). The van der Waals surface area contributed by atoms with E-state index < -0.39 is 19.8 Å². The van der Waals surface area contributed by atoms with E-state index >= 15 is 0 Å². The van der Waals surface area contributed by atoms with E-state index in [1.54, 1.807) is 36.4 Å². The van der Waals surface area contributed by atoms with Gasteiger partial charge in [0.2, 0.25) is 0 Å². The van der Waals surface area contributed by atoms with E-state index in [0.717, 1.165) is 0 Å². The normalized spacial score (nSPS) is 10.2. The third-order valence-electron chi connectivity index (χ3n) is 2.42. The molecule has 1 N–H and O–H groups in total. The second-order valence-corrected chi connectivity index (χ2v) is 5.26. The van der Waals surface area contributed by atoms with Gasteiger partial charge >= 0.3 is 19.8 Å². The SMILES string of the molecule is O=C(OP(=O)(O)OC(=O)c1ccccc1)c1ccccc1.[Ag]. The Morgan fingerprint density at radius 3 is 1.41 bits per heavy atom. The van der Waals surface area contributed by atoms with Crippen molar-refractivity contribution in [3.05, 3.63) is 71.8 Å². The minimum absolute atomic E-state index is 0. The van der Waals surface area contributed by atoms with E-state index in [1.807, 2.05) is 0 Å². The maximum atomic E-state index is 11.7. The first-order valence-electron chi connectivity index (χ1n) is 5.89. The first-order chi connectivity index (χ1) is 9.98. The summed E-state index contributed by atoms with van der Waals surface area (Å²) in [5.74, 6) is -2.11. The van der Waals surface area contributed by atoms with Crippen LogP contribution in [0.2, 0.25) is 0 Å². The molecule has 0 spiro atoms. The van der Waals surface area contributed by atoms with Crippen molar-refractivity contribution in [2.24, 2.45) is 0 Å². The zero-order chi connectivity index (χ0) is 15.3. The fourth-order valence-corrected chi connectivity index (χ4v) is 2.15. The summed E-state index contributed by atoms with van der Waals surface area (Å²) in [5.41, 5.74) is 0.144. The molecule has 2 aromatic rings. The van der Waals surface area contributed by atoms with Gasteiger partial charge in [-0.3, -0.25) is 4.89 Å². The van der Waals surface area contributed by atoms with E-state index in [-0.39, 0.29) is 33.5 Å². The van der Waals surface area contributed by atoms with Gasteiger partial charge in [-0.25, -0.2) is 14.2 Å². The number of rotatable bonds is 4. The Bertz CT molecular complexity index is 631. The Balaban J connectivity index is 0.00000242. The molecule has 119 valence electrons. The summed E-state index contributed by atoms with van der Waals surface area (Å²) in [6.07, 6.45) is 0. The summed E-state index contributed by atoms with van der Waals surface area (Å²) in [7, 11) is -4.83. The smallest absolute Gasteiger partial charge is 0.357 e. The van der Waals surface area contributed by atoms with E-state index in [1.165, 1.54) is 24.3 Å². The molecule has 6 nitrogen and oxygen atoms in total. The number of phosphoric acid groups is 1. The first kappa shape index (κ1) is 18.4. The van der Waals surface area contributed by atoms with Crippen LogP contribution in [0.25, 0.3) is 0 Å². The third kappa shape index (κ3) is 5.26. The number of benzene rings is 2. The second kappa shape index (κ2) is 8.08. The van der Waals surface area contributed by atoms with E-state index in [2.05, 4.69) is 9.05 Å². The van der Waals surface area contributed by atoms with Gasteiger partial charge in [0.1, 0.15) is 0 Å². The second-order valence-electron chi connectivity index (χ2n) is 3.96. The summed E-state index contributed by atoms with van der Waals surface area (Å²) in [6, 6.07) is 15.2. The van der Waals surface area contributed by atoms with Gasteiger partial charge in [-0.2, -0.15) is 0 Å². The van der Waals surface area contributed by atoms with Gasteiger partial charge in [0, 0.05) is 22.4 Å². The molecule has 0 unspecified atom stereocenters. The predicted molar refractivity (Wildman–Crippen MR) is 73.5 cm³/mol. The van der Waals surface area contributed by atoms with Crippen molar-refractivity contribution in [3.63, 3.8) is 0 Å². The van der Waals surface area contributed by atoms with Crippen LogP contribution in [0.3, 0.4) is 0 Å². The third-order valence-corrected chi connectivity index (χ3v) is 3.21. The van der Waals surface area contributed by atoms with Crippen LogP contribution in [0.4, 0.5) is 0 Å². The van der Waals surface area contributed by atoms with Crippen LogP contribution in [-0.4, -0.2) is 16.8 Å². The van der Waals surface area contributed by atoms with Gasteiger partial charge < -0.3 is 9.05 Å². The standard InChI is InChI=1S/C14H11O6P.Ag/c15-13(11-7-3-1-4-8-11)19-21(17,18)20-14(16)12-9-5-2-6-10-12;/h1-10H,(H,17,18);. The monoisotopic (exact) mass is 413 g/mol. The Morgan fingerprint density at radius 2 is 1.09 bits per heavy atom. The number of carbonyl (C=O) groups excluding carboxylic acids is 2. The van der Waals surface area contributed by atoms with Crippen molar-refractivity contribution in [2.75, 3.05) is 0 Å². The maximum Gasteiger partial charge on any atom is 0.589 e. The molecule has 0 atom stereocenters. The molecule has 8 heteroatoms. The summed E-state index contributed by atoms with van der Waals surface area (Å²) >= 11 is 0. The topological polar surface area (TPSA) is 89.9 Å². The first-order valence-corrected chi connectivity index (χ1v) is 7.38. The van der Waals surface area contributed by atoms with Gasteiger partial charge in [0.05, 0.1) is 11.1 Å². The van der Waals surface area contributed by atoms with Gasteiger partial charge in [0.25, 0.3) is 0 Å². The molecule has 1 radical (unpaired) electrons. The molecule has 0 bridgehead atoms. The minimum atomic E-state index is -4.83. The summed E-state index contributed by atoms with van der Waals surface area (Å²) in [6.45, 7) is 0. The average molecular weight is 414 g/mol. The van der Waals surface area contributed by atoms with Crippen molar-refractivity contribution in [2.45, 2.75) is 0 Å². The van der Waals surface area contributed by atoms with E-state index in [0.29, 0.717) is 0 Å². The fourth-order valence-electron chi connectivity index (χ4n) is 1.48. The van der Waals surface area contributed by atoms with E-state index in [9.17, 15) is 19.0 Å². The van der Waals surface area contributed by atoms with Gasteiger partial charge in [0.15, 0.2) is 0 Å². The molecule has 0 aliphatic carbocycles. The summed E-state index contributed by atoms with van der Waals surface area (Å²) in [4.78, 5) is 32.7. The Labute approximate surface area is 142 Å². The zero-order valence-corrected chi connectivity index (χ0v) is 13.4. The summed E-state index contributed by atoms with van der Waals surface area (Å²) < 4.78 is 20.3. The van der Waals surface area contributed by atoms with Crippen LogP contribution in [0.5, 0.6) is 0 Å². The maximum absolute atomic E-state index is 11.7. The quantitative estimate of drug-likeness (QED) is 0.612. The van der Waals surface area contributed by atoms with Crippen molar-refractivity contribution in [3.8, 4) is 0 Å². The molecule has 22 heavy (non-hydrogen) atoms. The molecule has 0 amide bonds. The van der Waals surface area contributed by atoms with Crippen LogP contribution < -0.4 is 0 Å². The molecule has 0 fully saturated rings. The molecule has 0 aliphatic rings. The van der Waals surface area contributed by atoms with Crippen molar-refractivity contribution < 1.29 is 50.5 Å². The fraction of sp³-hybridized carbons (Fsp3) is 0. The minimum Gasteiger partial charge on any atom is -0.357 e. The number of hydrogen-bond acceptors (Lipinski definition) is 5. The van der Waals surface area contributed by atoms with Gasteiger partial charge in [-0.15, -0.1) is 0 Å². The van der Waals surface area contributed by atoms with Gasteiger partial charge in [-0.1, -0.05) is 36.4 Å². The van der Waals surface area contributed by atoms with Crippen molar-refractivity contribution in [1.29, 1.82) is 0 Å². The molecular formula is C14H11AgO6P. The van der Waals surface area contributed by atoms with Crippen molar-refractivity contribution >= 4 is 19.8 Å². The van der Waals surface area contributed by atoms with Gasteiger partial charge in [-0.05, 0) is 24.3 Å². The van der Waals surface area contributed by atoms with Crippen LogP contribution in [0.1, 0.15) is 20.7 Å². The zero-order valence-electron chi connectivity index (χ0n) is 11.0. The Kier molecular flexibility index (Phi) is 6.74. The molecular weight excluding hydrogens is 403 g/mol. The number of hydrogen-bond donors (Lipinski definition) is 1. The molecule has 0 heterocycles.